The fourth-order valence-corrected chi connectivity index (χ4v) is 4.05. The van der Waals surface area contributed by atoms with Crippen molar-refractivity contribution in [3.05, 3.63) is 38.3 Å². The minimum atomic E-state index is -0.833. The van der Waals surface area contributed by atoms with Crippen molar-refractivity contribution in [1.82, 2.24) is 9.72 Å². The molecule has 3 heterocycles. The summed E-state index contributed by atoms with van der Waals surface area (Å²) < 4.78 is 37.2. The maximum Gasteiger partial charge on any atom is 0.293 e. The number of aromatic nitrogens is 2. The summed E-state index contributed by atoms with van der Waals surface area (Å²) in [4.78, 5) is 26.3. The molecule has 2 aliphatic rings. The van der Waals surface area contributed by atoms with Crippen LogP contribution < -0.4 is 21.6 Å². The van der Waals surface area contributed by atoms with E-state index >= 15 is 4.39 Å². The number of nitrogens with zero attached hydrogens (tertiary/aromatic N) is 2. The molecule has 0 amide bonds. The first-order chi connectivity index (χ1) is 12.9. The lowest BCUT2D eigenvalue weighted by Gasteiger charge is -2.22. The van der Waals surface area contributed by atoms with Crippen LogP contribution in [0.1, 0.15) is 25.8 Å². The van der Waals surface area contributed by atoms with E-state index in [1.54, 1.807) is 4.90 Å². The Morgan fingerprint density at radius 1 is 1.26 bits per heavy atom. The number of pyridine rings is 1. The third-order valence-electron chi connectivity index (χ3n) is 5.68. The topological polar surface area (TPSA) is 97.3 Å². The van der Waals surface area contributed by atoms with Crippen LogP contribution in [0, 0.1) is 17.6 Å². The number of fused-ring (bicyclic) bond motifs is 2. The molecule has 1 aliphatic carbocycles. The van der Waals surface area contributed by atoms with Crippen molar-refractivity contribution >= 4 is 27.7 Å². The van der Waals surface area contributed by atoms with Crippen LogP contribution in [0.4, 0.5) is 14.5 Å². The molecular formula is C18H18F2N4O3. The number of halogens is 2. The quantitative estimate of drug-likeness (QED) is 0.711. The van der Waals surface area contributed by atoms with Crippen molar-refractivity contribution in [3.8, 4) is 0 Å². The van der Waals surface area contributed by atoms with E-state index in [0.29, 0.717) is 13.1 Å². The van der Waals surface area contributed by atoms with E-state index in [1.165, 1.54) is 4.57 Å². The van der Waals surface area contributed by atoms with Crippen LogP contribution in [-0.2, 0) is 0 Å². The van der Waals surface area contributed by atoms with Crippen LogP contribution in [0.2, 0.25) is 0 Å². The third-order valence-corrected chi connectivity index (χ3v) is 5.68. The van der Waals surface area contributed by atoms with Crippen molar-refractivity contribution in [2.24, 2.45) is 11.7 Å². The van der Waals surface area contributed by atoms with Gasteiger partial charge in [0.1, 0.15) is 11.5 Å². The lowest BCUT2D eigenvalue weighted by atomic mass is 10.1. The molecule has 1 aliphatic heterocycles. The number of H-pyrrole nitrogens is 1. The second-order valence-corrected chi connectivity index (χ2v) is 7.61. The molecule has 0 radical (unpaired) electrons. The van der Waals surface area contributed by atoms with Gasteiger partial charge >= 0.3 is 0 Å². The molecule has 142 valence electrons. The standard InChI is InChI=1S/C18H18F2N4O3/c1-7-5-23(6-11(7)21)15-10(19)4-9-14(13(15)20)24(8-2-3-8)18-12(16(9)25)17(26)22-27-18/h4,7-8,11H,2-3,5-6,21H2,1H3,(H,22,26). The summed E-state index contributed by atoms with van der Waals surface area (Å²) in [5.41, 5.74) is 4.37. The fraction of sp³-hybridized carbons (Fsp3) is 0.444. The van der Waals surface area contributed by atoms with Gasteiger partial charge in [-0.25, -0.2) is 8.78 Å². The molecule has 0 spiro atoms. The highest BCUT2D eigenvalue weighted by molar-refractivity contribution is 5.93. The molecule has 2 fully saturated rings. The highest BCUT2D eigenvalue weighted by atomic mass is 19.1. The van der Waals surface area contributed by atoms with Gasteiger partial charge in [-0.1, -0.05) is 6.92 Å². The van der Waals surface area contributed by atoms with Gasteiger partial charge in [0.25, 0.3) is 5.56 Å². The summed E-state index contributed by atoms with van der Waals surface area (Å²) in [7, 11) is 0. The first-order valence-electron chi connectivity index (χ1n) is 8.96. The molecule has 7 nitrogen and oxygen atoms in total. The third kappa shape index (κ3) is 2.21. The lowest BCUT2D eigenvalue weighted by molar-refractivity contribution is 0.428. The number of anilines is 1. The summed E-state index contributed by atoms with van der Waals surface area (Å²) >= 11 is 0. The van der Waals surface area contributed by atoms with Gasteiger partial charge in [-0.3, -0.25) is 9.59 Å². The zero-order valence-electron chi connectivity index (χ0n) is 14.6. The van der Waals surface area contributed by atoms with Crippen molar-refractivity contribution < 1.29 is 13.3 Å². The van der Waals surface area contributed by atoms with E-state index < -0.39 is 22.6 Å². The van der Waals surface area contributed by atoms with Crippen molar-refractivity contribution in [1.29, 1.82) is 0 Å². The lowest BCUT2D eigenvalue weighted by Crippen LogP contribution is -2.29. The van der Waals surface area contributed by atoms with Gasteiger partial charge in [-0.2, -0.15) is 5.16 Å². The van der Waals surface area contributed by atoms with Gasteiger partial charge in [0.2, 0.25) is 11.1 Å². The Morgan fingerprint density at radius 3 is 2.63 bits per heavy atom. The minimum absolute atomic E-state index is 0.00273. The Bertz CT molecular complexity index is 1200. The summed E-state index contributed by atoms with van der Waals surface area (Å²) in [6.07, 6.45) is 1.53. The number of aromatic amines is 1. The molecule has 2 unspecified atom stereocenters. The van der Waals surface area contributed by atoms with Crippen LogP contribution in [-0.4, -0.2) is 28.9 Å². The normalized spacial score (nSPS) is 23.0. The molecule has 0 bridgehead atoms. The number of hydrogen-bond acceptors (Lipinski definition) is 5. The molecule has 27 heavy (non-hydrogen) atoms. The van der Waals surface area contributed by atoms with Crippen molar-refractivity contribution in [2.45, 2.75) is 31.8 Å². The van der Waals surface area contributed by atoms with Crippen LogP contribution in [0.5, 0.6) is 0 Å². The molecule has 3 N–H and O–H groups in total. The molecule has 3 aromatic rings. The maximum absolute atomic E-state index is 15.6. The minimum Gasteiger partial charge on any atom is -0.365 e. The largest absolute Gasteiger partial charge is 0.365 e. The van der Waals surface area contributed by atoms with E-state index in [0.717, 1.165) is 18.9 Å². The second kappa shape index (κ2) is 5.41. The average molecular weight is 376 g/mol. The molecule has 2 aromatic heterocycles. The average Bonchev–Trinajstić information content (AvgIpc) is 3.30. The molecule has 1 saturated heterocycles. The van der Waals surface area contributed by atoms with Gasteiger partial charge in [0, 0.05) is 25.2 Å². The van der Waals surface area contributed by atoms with E-state index in [2.05, 4.69) is 5.16 Å². The van der Waals surface area contributed by atoms with Gasteiger partial charge < -0.3 is 19.7 Å². The molecule has 5 rings (SSSR count). The Balaban J connectivity index is 1.89. The number of rotatable bonds is 2. The van der Waals surface area contributed by atoms with E-state index in [1.807, 2.05) is 6.92 Å². The van der Waals surface area contributed by atoms with Crippen molar-refractivity contribution in [2.75, 3.05) is 18.0 Å². The zero-order chi connectivity index (χ0) is 19.0. The fourth-order valence-electron chi connectivity index (χ4n) is 4.05. The Labute approximate surface area is 151 Å². The monoisotopic (exact) mass is 376 g/mol. The van der Waals surface area contributed by atoms with Gasteiger partial charge in [-0.05, 0) is 24.8 Å². The molecule has 2 atom stereocenters. The molecule has 1 saturated carbocycles. The molecular weight excluding hydrogens is 358 g/mol. The van der Waals surface area contributed by atoms with E-state index in [-0.39, 0.29) is 45.7 Å². The van der Waals surface area contributed by atoms with Crippen LogP contribution >= 0.6 is 0 Å². The second-order valence-electron chi connectivity index (χ2n) is 7.61. The summed E-state index contributed by atoms with van der Waals surface area (Å²) in [6.45, 7) is 2.69. The number of hydrogen-bond donors (Lipinski definition) is 2. The Hall–Kier alpha value is -2.68. The Morgan fingerprint density at radius 2 is 2.00 bits per heavy atom. The maximum atomic E-state index is 15.6. The predicted molar refractivity (Wildman–Crippen MR) is 96.1 cm³/mol. The Kier molecular flexibility index (Phi) is 3.31. The summed E-state index contributed by atoms with van der Waals surface area (Å²) in [5, 5.41) is 1.77. The van der Waals surface area contributed by atoms with E-state index in [9.17, 15) is 14.0 Å². The molecule has 1 aromatic carbocycles. The van der Waals surface area contributed by atoms with Crippen LogP contribution in [0.15, 0.2) is 20.2 Å². The molecule has 9 heteroatoms. The zero-order valence-corrected chi connectivity index (χ0v) is 14.6. The predicted octanol–water partition coefficient (Wildman–Crippen LogP) is 1.83. The number of nitrogens with two attached hydrogens (primary N) is 1. The van der Waals surface area contributed by atoms with Gasteiger partial charge in [0.15, 0.2) is 11.2 Å². The summed E-state index contributed by atoms with van der Waals surface area (Å²) in [5.74, 6) is -1.56. The SMILES string of the molecule is CC1CN(c2c(F)cc3c(=O)c4c(=O)[nH]oc4n(C4CC4)c3c2F)CC1N. The number of nitrogens with one attached hydrogen (secondary N) is 1. The summed E-state index contributed by atoms with van der Waals surface area (Å²) in [6, 6.07) is 0.743. The van der Waals surface area contributed by atoms with Gasteiger partial charge in [0.05, 0.1) is 10.9 Å². The first-order valence-corrected chi connectivity index (χ1v) is 8.96. The van der Waals surface area contributed by atoms with E-state index in [4.69, 9.17) is 10.3 Å². The van der Waals surface area contributed by atoms with Crippen molar-refractivity contribution in [3.63, 3.8) is 0 Å². The highest BCUT2D eigenvalue weighted by Crippen LogP contribution is 2.41. The first kappa shape index (κ1) is 16.5. The highest BCUT2D eigenvalue weighted by Gasteiger charge is 2.35. The van der Waals surface area contributed by atoms with Gasteiger partial charge in [-0.15, -0.1) is 0 Å². The number of benzene rings is 1. The smallest absolute Gasteiger partial charge is 0.293 e. The van der Waals surface area contributed by atoms with Crippen LogP contribution in [0.25, 0.3) is 22.0 Å². The van der Waals surface area contributed by atoms with Crippen LogP contribution in [0.3, 0.4) is 0 Å².